The van der Waals surface area contributed by atoms with Gasteiger partial charge in [0.25, 0.3) is 0 Å². The molecule has 2 aromatic carbocycles. The van der Waals surface area contributed by atoms with Crippen molar-refractivity contribution in [2.75, 3.05) is 0 Å². The molecule has 1 unspecified atom stereocenters. The molecular weight excluding hydrogens is 196 g/mol. The van der Waals surface area contributed by atoms with Gasteiger partial charge in [-0.15, -0.1) is 0 Å². The van der Waals surface area contributed by atoms with Gasteiger partial charge in [-0.25, -0.2) is 0 Å². The number of hydrogen-bond donors (Lipinski definition) is 1. The fraction of sp³-hybridized carbons (Fsp3) is 0.333. The molecule has 0 saturated heterocycles. The first-order chi connectivity index (χ1) is 7.70. The molecule has 0 amide bonds. The van der Waals surface area contributed by atoms with Crippen LogP contribution in [0.3, 0.4) is 0 Å². The Balaban J connectivity index is 2.44. The van der Waals surface area contributed by atoms with Crippen molar-refractivity contribution < 1.29 is 5.11 Å². The smallest absolute Gasteiger partial charge is 0.0762 e. The summed E-state index contributed by atoms with van der Waals surface area (Å²) in [5.41, 5.74) is 2.37. The van der Waals surface area contributed by atoms with Crippen LogP contribution in [0.5, 0.6) is 0 Å². The summed E-state index contributed by atoms with van der Waals surface area (Å²) < 4.78 is 0. The van der Waals surface area contributed by atoms with Gasteiger partial charge in [0, 0.05) is 0 Å². The largest absolute Gasteiger partial charge is 0.389 e. The van der Waals surface area contributed by atoms with Gasteiger partial charge in [0.1, 0.15) is 0 Å². The molecular formula is C15H18O. The van der Waals surface area contributed by atoms with Crippen LogP contribution in [-0.2, 0) is 6.42 Å². The highest BCUT2D eigenvalue weighted by molar-refractivity contribution is 5.83. The summed E-state index contributed by atoms with van der Waals surface area (Å²) in [6.45, 7) is 3.99. The van der Waals surface area contributed by atoms with Gasteiger partial charge in [0.2, 0.25) is 0 Å². The van der Waals surface area contributed by atoms with Crippen molar-refractivity contribution in [2.45, 2.75) is 32.8 Å². The number of benzene rings is 2. The molecule has 0 aliphatic heterocycles. The second-order valence-corrected chi connectivity index (χ2v) is 4.37. The molecule has 0 aliphatic rings. The van der Waals surface area contributed by atoms with Crippen LogP contribution in [0.25, 0.3) is 10.8 Å². The second-order valence-electron chi connectivity index (χ2n) is 4.37. The quantitative estimate of drug-likeness (QED) is 0.823. The Morgan fingerprint density at radius 2 is 1.75 bits per heavy atom. The van der Waals surface area contributed by atoms with Crippen molar-refractivity contribution in [3.05, 3.63) is 47.5 Å². The normalized spacial score (nSPS) is 12.9. The minimum atomic E-state index is -0.389. The molecule has 0 aliphatic carbocycles. The summed E-state index contributed by atoms with van der Waals surface area (Å²) in [6, 6.07) is 12.7. The lowest BCUT2D eigenvalue weighted by Crippen LogP contribution is -1.90. The first-order valence-electron chi connectivity index (χ1n) is 5.91. The van der Waals surface area contributed by atoms with Gasteiger partial charge in [0.05, 0.1) is 6.10 Å². The van der Waals surface area contributed by atoms with Crippen LogP contribution in [0, 0.1) is 0 Å². The van der Waals surface area contributed by atoms with Crippen molar-refractivity contribution in [1.29, 1.82) is 0 Å². The molecule has 0 radical (unpaired) electrons. The molecule has 1 heteroatoms. The van der Waals surface area contributed by atoms with Crippen LogP contribution in [0.2, 0.25) is 0 Å². The molecule has 0 saturated carbocycles. The Bertz CT molecular complexity index is 486. The number of aryl methyl sites for hydroxylation is 1. The van der Waals surface area contributed by atoms with Crippen LogP contribution in [-0.4, -0.2) is 5.11 Å². The van der Waals surface area contributed by atoms with Gasteiger partial charge >= 0.3 is 0 Å². The zero-order chi connectivity index (χ0) is 11.5. The minimum absolute atomic E-state index is 0.389. The number of hydrogen-bond acceptors (Lipinski definition) is 1. The molecule has 1 N–H and O–H groups in total. The monoisotopic (exact) mass is 214 g/mol. The van der Waals surface area contributed by atoms with E-state index in [-0.39, 0.29) is 6.10 Å². The maximum Gasteiger partial charge on any atom is 0.0762 e. The van der Waals surface area contributed by atoms with Crippen molar-refractivity contribution in [1.82, 2.24) is 0 Å². The fourth-order valence-corrected chi connectivity index (χ4v) is 2.02. The molecule has 2 rings (SSSR count). The third-order valence-electron chi connectivity index (χ3n) is 2.95. The maximum atomic E-state index is 9.52. The number of aliphatic hydroxyl groups is 1. The van der Waals surface area contributed by atoms with Crippen molar-refractivity contribution in [2.24, 2.45) is 0 Å². The fourth-order valence-electron chi connectivity index (χ4n) is 2.02. The molecule has 2 aromatic rings. The van der Waals surface area contributed by atoms with E-state index < -0.39 is 0 Å². The van der Waals surface area contributed by atoms with Gasteiger partial charge in [-0.2, -0.15) is 0 Å². The average molecular weight is 214 g/mol. The zero-order valence-electron chi connectivity index (χ0n) is 9.90. The number of aliphatic hydroxyl groups excluding tert-OH is 1. The van der Waals surface area contributed by atoms with Crippen molar-refractivity contribution in [3.8, 4) is 0 Å². The van der Waals surface area contributed by atoms with E-state index >= 15 is 0 Å². The molecule has 1 nitrogen and oxygen atoms in total. The first-order valence-corrected chi connectivity index (χ1v) is 5.91. The highest BCUT2D eigenvalue weighted by Gasteiger charge is 2.02. The van der Waals surface area contributed by atoms with Crippen LogP contribution < -0.4 is 0 Å². The van der Waals surface area contributed by atoms with Crippen LogP contribution in [0.4, 0.5) is 0 Å². The molecule has 1 atom stereocenters. The number of fused-ring (bicyclic) bond motifs is 1. The Kier molecular flexibility index (Phi) is 3.25. The van der Waals surface area contributed by atoms with E-state index in [0.717, 1.165) is 12.0 Å². The van der Waals surface area contributed by atoms with E-state index in [9.17, 15) is 5.11 Å². The first kappa shape index (κ1) is 11.2. The number of rotatable bonds is 3. The average Bonchev–Trinajstić information content (AvgIpc) is 2.28. The van der Waals surface area contributed by atoms with E-state index in [1.54, 1.807) is 6.92 Å². The minimum Gasteiger partial charge on any atom is -0.389 e. The van der Waals surface area contributed by atoms with Gasteiger partial charge < -0.3 is 5.11 Å². The lowest BCUT2D eigenvalue weighted by molar-refractivity contribution is 0.199. The van der Waals surface area contributed by atoms with Gasteiger partial charge in [-0.1, -0.05) is 43.7 Å². The summed E-state index contributed by atoms with van der Waals surface area (Å²) in [5, 5.41) is 12.0. The highest BCUT2D eigenvalue weighted by atomic mass is 16.3. The summed E-state index contributed by atoms with van der Waals surface area (Å²) in [7, 11) is 0. The second kappa shape index (κ2) is 4.67. The van der Waals surface area contributed by atoms with Crippen molar-refractivity contribution in [3.63, 3.8) is 0 Å². The third kappa shape index (κ3) is 2.25. The summed E-state index contributed by atoms with van der Waals surface area (Å²) in [6.07, 6.45) is 1.92. The van der Waals surface area contributed by atoms with Crippen LogP contribution in [0.1, 0.15) is 37.5 Å². The third-order valence-corrected chi connectivity index (χ3v) is 2.95. The summed E-state index contributed by atoms with van der Waals surface area (Å²) >= 11 is 0. The highest BCUT2D eigenvalue weighted by Crippen LogP contribution is 2.21. The van der Waals surface area contributed by atoms with Crippen LogP contribution in [0.15, 0.2) is 36.4 Å². The Morgan fingerprint density at radius 3 is 2.44 bits per heavy atom. The predicted molar refractivity (Wildman–Crippen MR) is 68.6 cm³/mol. The summed E-state index contributed by atoms with van der Waals surface area (Å²) in [5.74, 6) is 0. The topological polar surface area (TPSA) is 20.2 Å². The molecule has 0 aromatic heterocycles. The molecule has 0 heterocycles. The molecule has 84 valence electrons. The zero-order valence-corrected chi connectivity index (χ0v) is 9.90. The van der Waals surface area contributed by atoms with Gasteiger partial charge in [-0.05, 0) is 41.3 Å². The molecule has 0 spiro atoms. The molecule has 16 heavy (non-hydrogen) atoms. The van der Waals surface area contributed by atoms with Gasteiger partial charge in [-0.3, -0.25) is 0 Å². The Morgan fingerprint density at radius 1 is 1.06 bits per heavy atom. The Hall–Kier alpha value is -1.34. The standard InChI is InChI=1S/C15H18O/c1-3-4-12-5-6-15-10-13(11(2)16)7-8-14(15)9-12/h5-11,16H,3-4H2,1-2H3. The van der Waals surface area contributed by atoms with E-state index in [1.165, 1.54) is 22.8 Å². The van der Waals surface area contributed by atoms with Crippen LogP contribution >= 0.6 is 0 Å². The molecule has 0 bridgehead atoms. The maximum absolute atomic E-state index is 9.52. The predicted octanol–water partition coefficient (Wildman–Crippen LogP) is 3.85. The molecule has 0 fully saturated rings. The SMILES string of the molecule is CCCc1ccc2cc(C(C)O)ccc2c1. The summed E-state index contributed by atoms with van der Waals surface area (Å²) in [4.78, 5) is 0. The van der Waals surface area contributed by atoms with Gasteiger partial charge in [0.15, 0.2) is 0 Å². The van der Waals surface area contributed by atoms with E-state index in [4.69, 9.17) is 0 Å². The lowest BCUT2D eigenvalue weighted by atomic mass is 10.0. The van der Waals surface area contributed by atoms with E-state index in [2.05, 4.69) is 37.3 Å². The van der Waals surface area contributed by atoms with E-state index in [1.807, 2.05) is 6.07 Å². The lowest BCUT2D eigenvalue weighted by Gasteiger charge is -2.07. The van der Waals surface area contributed by atoms with E-state index in [0.29, 0.717) is 0 Å². The van der Waals surface area contributed by atoms with Crippen molar-refractivity contribution >= 4 is 10.8 Å². The Labute approximate surface area is 96.7 Å².